The molecule has 1 aliphatic carbocycles. The van der Waals surface area contributed by atoms with Crippen LogP contribution in [0.2, 0.25) is 0 Å². The summed E-state index contributed by atoms with van der Waals surface area (Å²) in [5.41, 5.74) is 2.49. The molecule has 3 aromatic rings. The Balaban J connectivity index is 1.56. The summed E-state index contributed by atoms with van der Waals surface area (Å²) in [7, 11) is 1.76. The fraction of sp³-hybridized carbons (Fsp3) is 0.368. The van der Waals surface area contributed by atoms with Crippen LogP contribution in [-0.4, -0.2) is 37.1 Å². The van der Waals surface area contributed by atoms with Crippen molar-refractivity contribution in [2.24, 2.45) is 7.05 Å². The molecule has 0 aromatic carbocycles. The standard InChI is InChI=1S/C19H22N6O2/c1-3-27-18-11-15(23-24(18)2)19(26)22-14-7-6-8-16-13(14)12-21-25(16)17-9-4-5-10-20-17/h4-5,9-12,14H,3,6-8H2,1-2H3,(H,22,26)/t14-/m1/s1. The first-order valence-electron chi connectivity index (χ1n) is 9.13. The summed E-state index contributed by atoms with van der Waals surface area (Å²) in [5, 5.41) is 11.9. The molecule has 1 atom stereocenters. The molecular weight excluding hydrogens is 344 g/mol. The minimum atomic E-state index is -0.208. The van der Waals surface area contributed by atoms with Crippen molar-refractivity contribution in [2.75, 3.05) is 6.61 Å². The van der Waals surface area contributed by atoms with E-state index < -0.39 is 0 Å². The molecule has 1 N–H and O–H groups in total. The molecule has 4 rings (SSSR count). The van der Waals surface area contributed by atoms with Crippen LogP contribution >= 0.6 is 0 Å². The van der Waals surface area contributed by atoms with Crippen molar-refractivity contribution < 1.29 is 9.53 Å². The van der Waals surface area contributed by atoms with E-state index in [2.05, 4.69) is 20.5 Å². The summed E-state index contributed by atoms with van der Waals surface area (Å²) >= 11 is 0. The average molecular weight is 366 g/mol. The lowest BCUT2D eigenvalue weighted by molar-refractivity contribution is 0.0927. The minimum Gasteiger partial charge on any atom is -0.478 e. The fourth-order valence-corrected chi connectivity index (χ4v) is 3.46. The van der Waals surface area contributed by atoms with Gasteiger partial charge in [-0.15, -0.1) is 0 Å². The Morgan fingerprint density at radius 3 is 3.07 bits per heavy atom. The molecule has 0 saturated carbocycles. The number of aromatic nitrogens is 5. The molecular formula is C19H22N6O2. The number of carbonyl (C=O) groups is 1. The van der Waals surface area contributed by atoms with Crippen molar-refractivity contribution in [1.29, 1.82) is 0 Å². The summed E-state index contributed by atoms with van der Waals surface area (Å²) in [6.45, 7) is 2.43. The van der Waals surface area contributed by atoms with E-state index in [0.29, 0.717) is 18.2 Å². The summed E-state index contributed by atoms with van der Waals surface area (Å²) in [4.78, 5) is 17.1. The summed E-state index contributed by atoms with van der Waals surface area (Å²) < 4.78 is 8.90. The number of amides is 1. The van der Waals surface area contributed by atoms with Crippen molar-refractivity contribution in [3.05, 3.63) is 53.6 Å². The van der Waals surface area contributed by atoms with Gasteiger partial charge in [-0.3, -0.25) is 4.79 Å². The van der Waals surface area contributed by atoms with Gasteiger partial charge < -0.3 is 10.1 Å². The number of pyridine rings is 1. The summed E-state index contributed by atoms with van der Waals surface area (Å²) in [5.74, 6) is 1.16. The summed E-state index contributed by atoms with van der Waals surface area (Å²) in [6, 6.07) is 7.33. The number of fused-ring (bicyclic) bond motifs is 1. The third-order valence-corrected chi connectivity index (χ3v) is 4.72. The van der Waals surface area contributed by atoms with Crippen molar-refractivity contribution in [1.82, 2.24) is 29.9 Å². The van der Waals surface area contributed by atoms with E-state index in [1.807, 2.05) is 36.0 Å². The molecule has 8 nitrogen and oxygen atoms in total. The second-order valence-corrected chi connectivity index (χ2v) is 6.49. The highest BCUT2D eigenvalue weighted by molar-refractivity contribution is 5.92. The highest BCUT2D eigenvalue weighted by Crippen LogP contribution is 2.31. The van der Waals surface area contributed by atoms with Gasteiger partial charge in [0.25, 0.3) is 5.91 Å². The third-order valence-electron chi connectivity index (χ3n) is 4.72. The lowest BCUT2D eigenvalue weighted by atomic mass is 9.93. The Kier molecular flexibility index (Phi) is 4.62. The second kappa shape index (κ2) is 7.22. The Morgan fingerprint density at radius 2 is 2.30 bits per heavy atom. The lowest BCUT2D eigenvalue weighted by Crippen LogP contribution is -2.31. The molecule has 0 aliphatic heterocycles. The highest BCUT2D eigenvalue weighted by Gasteiger charge is 2.27. The van der Waals surface area contributed by atoms with Crippen LogP contribution < -0.4 is 10.1 Å². The molecule has 0 saturated heterocycles. The van der Waals surface area contributed by atoms with Crippen molar-refractivity contribution in [3.63, 3.8) is 0 Å². The Labute approximate surface area is 157 Å². The van der Waals surface area contributed by atoms with Gasteiger partial charge in [0.1, 0.15) is 0 Å². The Morgan fingerprint density at radius 1 is 1.41 bits per heavy atom. The van der Waals surface area contributed by atoms with E-state index in [1.54, 1.807) is 24.0 Å². The molecule has 8 heteroatoms. The van der Waals surface area contributed by atoms with Gasteiger partial charge in [-0.25, -0.2) is 14.3 Å². The zero-order chi connectivity index (χ0) is 18.8. The number of rotatable bonds is 5. The normalized spacial score (nSPS) is 16.0. The second-order valence-electron chi connectivity index (χ2n) is 6.49. The first-order valence-corrected chi connectivity index (χ1v) is 9.13. The summed E-state index contributed by atoms with van der Waals surface area (Å²) in [6.07, 6.45) is 6.34. The van der Waals surface area contributed by atoms with Crippen molar-refractivity contribution in [2.45, 2.75) is 32.2 Å². The van der Waals surface area contributed by atoms with Crippen LogP contribution in [0.4, 0.5) is 0 Å². The van der Waals surface area contributed by atoms with Crippen LogP contribution in [0, 0.1) is 0 Å². The lowest BCUT2D eigenvalue weighted by Gasteiger charge is -2.23. The van der Waals surface area contributed by atoms with Gasteiger partial charge in [-0.1, -0.05) is 6.07 Å². The van der Waals surface area contributed by atoms with Crippen molar-refractivity contribution in [3.8, 4) is 11.7 Å². The zero-order valence-corrected chi connectivity index (χ0v) is 15.4. The van der Waals surface area contributed by atoms with Crippen LogP contribution in [-0.2, 0) is 13.5 Å². The number of aryl methyl sites for hydroxylation is 1. The third kappa shape index (κ3) is 3.30. The molecule has 0 unspecified atom stereocenters. The van der Waals surface area contributed by atoms with E-state index >= 15 is 0 Å². The molecule has 0 radical (unpaired) electrons. The smallest absolute Gasteiger partial charge is 0.272 e. The van der Waals surface area contributed by atoms with E-state index in [4.69, 9.17) is 4.74 Å². The number of nitrogens with zero attached hydrogens (tertiary/aromatic N) is 5. The van der Waals surface area contributed by atoms with Crippen LogP contribution in [0.15, 0.2) is 36.7 Å². The molecule has 27 heavy (non-hydrogen) atoms. The number of hydrogen-bond donors (Lipinski definition) is 1. The Bertz CT molecular complexity index is 947. The zero-order valence-electron chi connectivity index (χ0n) is 15.4. The first-order chi connectivity index (χ1) is 13.2. The topological polar surface area (TPSA) is 86.9 Å². The predicted molar refractivity (Wildman–Crippen MR) is 98.9 cm³/mol. The SMILES string of the molecule is CCOc1cc(C(=O)N[C@@H]2CCCc3c2cnn3-c2ccccn2)nn1C. The molecule has 3 heterocycles. The maximum atomic E-state index is 12.7. The number of hydrogen-bond acceptors (Lipinski definition) is 5. The molecule has 0 bridgehead atoms. The number of nitrogens with one attached hydrogen (secondary N) is 1. The first kappa shape index (κ1) is 17.3. The maximum absolute atomic E-state index is 12.7. The Hall–Kier alpha value is -3.16. The molecule has 0 spiro atoms. The van der Waals surface area contributed by atoms with E-state index in [-0.39, 0.29) is 11.9 Å². The van der Waals surface area contributed by atoms with Gasteiger partial charge in [0.15, 0.2) is 11.5 Å². The van der Waals surface area contributed by atoms with Crippen LogP contribution in [0.25, 0.3) is 5.82 Å². The van der Waals surface area contributed by atoms with Gasteiger partial charge in [-0.2, -0.15) is 10.2 Å². The van der Waals surface area contributed by atoms with Crippen molar-refractivity contribution >= 4 is 5.91 Å². The van der Waals surface area contributed by atoms with Crippen LogP contribution in [0.1, 0.15) is 47.6 Å². The molecule has 140 valence electrons. The fourth-order valence-electron chi connectivity index (χ4n) is 3.46. The van der Waals surface area contributed by atoms with Crippen LogP contribution in [0.5, 0.6) is 5.88 Å². The van der Waals surface area contributed by atoms with Gasteiger partial charge in [0, 0.05) is 24.9 Å². The average Bonchev–Trinajstić information content (AvgIpc) is 3.28. The van der Waals surface area contributed by atoms with E-state index in [9.17, 15) is 4.79 Å². The van der Waals surface area contributed by atoms with Gasteiger partial charge in [0.05, 0.1) is 24.5 Å². The van der Waals surface area contributed by atoms with Gasteiger partial charge in [0.2, 0.25) is 5.88 Å². The van der Waals surface area contributed by atoms with E-state index in [1.165, 1.54) is 0 Å². The van der Waals surface area contributed by atoms with E-state index in [0.717, 1.165) is 36.3 Å². The largest absolute Gasteiger partial charge is 0.478 e. The van der Waals surface area contributed by atoms with Crippen LogP contribution in [0.3, 0.4) is 0 Å². The number of ether oxygens (including phenoxy) is 1. The molecule has 1 aliphatic rings. The predicted octanol–water partition coefficient (Wildman–Crippen LogP) is 2.21. The monoisotopic (exact) mass is 366 g/mol. The number of carbonyl (C=O) groups excluding carboxylic acids is 1. The van der Waals surface area contributed by atoms with Gasteiger partial charge >= 0.3 is 0 Å². The molecule has 3 aromatic heterocycles. The molecule has 0 fully saturated rings. The minimum absolute atomic E-state index is 0.0868. The van der Waals surface area contributed by atoms with Gasteiger partial charge in [-0.05, 0) is 38.3 Å². The quantitative estimate of drug-likeness (QED) is 0.748. The maximum Gasteiger partial charge on any atom is 0.272 e. The molecule has 1 amide bonds. The highest BCUT2D eigenvalue weighted by atomic mass is 16.5.